The van der Waals surface area contributed by atoms with Crippen molar-refractivity contribution in [1.82, 2.24) is 0 Å². The van der Waals surface area contributed by atoms with E-state index < -0.39 is 11.9 Å². The maximum absolute atomic E-state index is 11.7. The molecule has 0 aliphatic carbocycles. The van der Waals surface area contributed by atoms with E-state index in [9.17, 15) is 9.59 Å². The van der Waals surface area contributed by atoms with Crippen LogP contribution in [-0.4, -0.2) is 11.9 Å². The van der Waals surface area contributed by atoms with Crippen LogP contribution in [0, 0.1) is 13.8 Å². The summed E-state index contributed by atoms with van der Waals surface area (Å²) < 4.78 is 4.70. The van der Waals surface area contributed by atoms with Gasteiger partial charge >= 0.3 is 11.9 Å². The van der Waals surface area contributed by atoms with Gasteiger partial charge in [-0.25, -0.2) is 9.59 Å². The molecule has 0 bridgehead atoms. The first kappa shape index (κ1) is 10.0. The predicted molar refractivity (Wildman–Crippen MR) is 63.2 cm³/mol. The molecule has 17 heavy (non-hydrogen) atoms. The standard InChI is InChI=1S/C14H10O3/c1-7-3-5-9-12-10(14(16)17-13(9)15)6-4-8(2)11(7)12/h3-6H,1-2H3. The highest BCUT2D eigenvalue weighted by Gasteiger charge is 2.27. The van der Waals surface area contributed by atoms with Crippen LogP contribution in [0.4, 0.5) is 0 Å². The van der Waals surface area contributed by atoms with E-state index in [0.717, 1.165) is 21.9 Å². The Kier molecular flexibility index (Phi) is 1.87. The van der Waals surface area contributed by atoms with Crippen LogP contribution in [0.3, 0.4) is 0 Å². The van der Waals surface area contributed by atoms with E-state index in [1.165, 1.54) is 0 Å². The fourth-order valence-electron chi connectivity index (χ4n) is 2.40. The van der Waals surface area contributed by atoms with E-state index >= 15 is 0 Å². The van der Waals surface area contributed by atoms with Crippen LogP contribution in [0.2, 0.25) is 0 Å². The number of aryl methyl sites for hydroxylation is 2. The van der Waals surface area contributed by atoms with Crippen molar-refractivity contribution in [2.24, 2.45) is 0 Å². The fraction of sp³-hybridized carbons (Fsp3) is 0.143. The molecule has 0 unspecified atom stereocenters. The van der Waals surface area contributed by atoms with Gasteiger partial charge in [0.2, 0.25) is 0 Å². The molecule has 3 nitrogen and oxygen atoms in total. The Balaban J connectivity index is 2.61. The summed E-state index contributed by atoms with van der Waals surface area (Å²) in [5.41, 5.74) is 3.07. The van der Waals surface area contributed by atoms with E-state index in [2.05, 4.69) is 0 Å². The van der Waals surface area contributed by atoms with Crippen molar-refractivity contribution in [3.05, 3.63) is 46.5 Å². The lowest BCUT2D eigenvalue weighted by atomic mass is 9.91. The summed E-state index contributed by atoms with van der Waals surface area (Å²) in [4.78, 5) is 23.3. The van der Waals surface area contributed by atoms with E-state index in [0.29, 0.717) is 11.1 Å². The summed E-state index contributed by atoms with van der Waals surface area (Å²) in [6.45, 7) is 3.95. The normalized spacial score (nSPS) is 14.0. The molecule has 2 aromatic carbocycles. The van der Waals surface area contributed by atoms with Gasteiger partial charge in [0.25, 0.3) is 0 Å². The zero-order valence-corrected chi connectivity index (χ0v) is 9.53. The van der Waals surface area contributed by atoms with Crippen molar-refractivity contribution in [2.75, 3.05) is 0 Å². The van der Waals surface area contributed by atoms with Crippen molar-refractivity contribution >= 4 is 22.7 Å². The number of hydrogen-bond acceptors (Lipinski definition) is 3. The Labute approximate surface area is 98.0 Å². The van der Waals surface area contributed by atoms with Gasteiger partial charge in [0.1, 0.15) is 0 Å². The van der Waals surface area contributed by atoms with E-state index in [4.69, 9.17) is 4.74 Å². The van der Waals surface area contributed by atoms with E-state index in [1.807, 2.05) is 26.0 Å². The minimum Gasteiger partial charge on any atom is -0.386 e. The molecule has 84 valence electrons. The molecule has 0 atom stereocenters. The largest absolute Gasteiger partial charge is 0.386 e. The van der Waals surface area contributed by atoms with Gasteiger partial charge in [-0.3, -0.25) is 0 Å². The van der Waals surface area contributed by atoms with Crippen LogP contribution in [-0.2, 0) is 4.74 Å². The van der Waals surface area contributed by atoms with Gasteiger partial charge in [-0.05, 0) is 42.5 Å². The molecular weight excluding hydrogens is 216 g/mol. The number of ether oxygens (including phenoxy) is 1. The van der Waals surface area contributed by atoms with Gasteiger partial charge in [-0.15, -0.1) is 0 Å². The highest BCUT2D eigenvalue weighted by Crippen LogP contribution is 2.32. The molecule has 0 amide bonds. The third-order valence-corrected chi connectivity index (χ3v) is 3.20. The van der Waals surface area contributed by atoms with Crippen LogP contribution < -0.4 is 0 Å². The van der Waals surface area contributed by atoms with Gasteiger partial charge in [0.15, 0.2) is 0 Å². The second-order valence-electron chi connectivity index (χ2n) is 4.29. The van der Waals surface area contributed by atoms with Gasteiger partial charge in [0, 0.05) is 5.39 Å². The first-order valence-electron chi connectivity index (χ1n) is 5.39. The second kappa shape index (κ2) is 3.17. The summed E-state index contributed by atoms with van der Waals surface area (Å²) in [6.07, 6.45) is 0. The minimum atomic E-state index is -0.557. The monoisotopic (exact) mass is 226 g/mol. The molecule has 0 saturated heterocycles. The van der Waals surface area contributed by atoms with Crippen molar-refractivity contribution in [3.63, 3.8) is 0 Å². The quantitative estimate of drug-likeness (QED) is 0.512. The number of benzene rings is 2. The zero-order chi connectivity index (χ0) is 12.2. The molecule has 2 aromatic rings. The average Bonchev–Trinajstić information content (AvgIpc) is 2.28. The summed E-state index contributed by atoms with van der Waals surface area (Å²) in [7, 11) is 0. The Morgan fingerprint density at radius 3 is 1.71 bits per heavy atom. The third-order valence-electron chi connectivity index (χ3n) is 3.20. The smallest absolute Gasteiger partial charge is 0.346 e. The van der Waals surface area contributed by atoms with E-state index in [1.54, 1.807) is 12.1 Å². The van der Waals surface area contributed by atoms with Gasteiger partial charge in [0.05, 0.1) is 11.1 Å². The lowest BCUT2D eigenvalue weighted by molar-refractivity contribution is 0.0391. The number of esters is 2. The minimum absolute atomic E-state index is 0.476. The lowest BCUT2D eigenvalue weighted by Gasteiger charge is -2.17. The Morgan fingerprint density at radius 1 is 0.765 bits per heavy atom. The van der Waals surface area contributed by atoms with Crippen LogP contribution in [0.15, 0.2) is 24.3 Å². The van der Waals surface area contributed by atoms with E-state index in [-0.39, 0.29) is 0 Å². The SMILES string of the molecule is Cc1ccc2c3c(ccc(C)c13)C(=O)OC2=O. The van der Waals surface area contributed by atoms with Crippen LogP contribution in [0.1, 0.15) is 31.8 Å². The molecule has 3 heteroatoms. The summed E-state index contributed by atoms with van der Waals surface area (Å²) in [6, 6.07) is 7.20. The van der Waals surface area contributed by atoms with Gasteiger partial charge < -0.3 is 4.74 Å². The number of cyclic esters (lactones) is 2. The zero-order valence-electron chi connectivity index (χ0n) is 9.53. The molecule has 1 aliphatic heterocycles. The first-order valence-corrected chi connectivity index (χ1v) is 5.39. The Bertz CT molecular complexity index is 629. The molecule has 3 rings (SSSR count). The second-order valence-corrected chi connectivity index (χ2v) is 4.29. The lowest BCUT2D eigenvalue weighted by Crippen LogP contribution is -2.19. The topological polar surface area (TPSA) is 43.4 Å². The predicted octanol–water partition coefficient (Wildman–Crippen LogP) is 2.77. The van der Waals surface area contributed by atoms with Crippen molar-refractivity contribution < 1.29 is 14.3 Å². The number of hydrogen-bond donors (Lipinski definition) is 0. The van der Waals surface area contributed by atoms with Crippen molar-refractivity contribution in [1.29, 1.82) is 0 Å². The maximum atomic E-state index is 11.7. The van der Waals surface area contributed by atoms with Crippen LogP contribution in [0.25, 0.3) is 10.8 Å². The average molecular weight is 226 g/mol. The molecule has 0 radical (unpaired) electrons. The number of rotatable bonds is 0. The Morgan fingerprint density at radius 2 is 1.24 bits per heavy atom. The van der Waals surface area contributed by atoms with Crippen LogP contribution in [0.5, 0.6) is 0 Å². The number of carbonyl (C=O) groups excluding carboxylic acids is 2. The molecule has 0 aromatic heterocycles. The highest BCUT2D eigenvalue weighted by molar-refractivity contribution is 6.21. The molecule has 0 N–H and O–H groups in total. The van der Waals surface area contributed by atoms with Crippen molar-refractivity contribution in [2.45, 2.75) is 13.8 Å². The van der Waals surface area contributed by atoms with Crippen LogP contribution >= 0.6 is 0 Å². The highest BCUT2D eigenvalue weighted by atomic mass is 16.6. The molecule has 1 aliphatic rings. The van der Waals surface area contributed by atoms with Crippen molar-refractivity contribution in [3.8, 4) is 0 Å². The molecule has 0 spiro atoms. The summed E-state index contributed by atoms with van der Waals surface area (Å²) in [5, 5.41) is 1.70. The Hall–Kier alpha value is -2.16. The van der Waals surface area contributed by atoms with Gasteiger partial charge in [-0.1, -0.05) is 12.1 Å². The molecule has 1 heterocycles. The first-order chi connectivity index (χ1) is 8.09. The fourth-order valence-corrected chi connectivity index (χ4v) is 2.40. The molecule has 0 saturated carbocycles. The summed E-state index contributed by atoms with van der Waals surface area (Å²) >= 11 is 0. The maximum Gasteiger partial charge on any atom is 0.346 e. The molecular formula is C14H10O3. The van der Waals surface area contributed by atoms with Gasteiger partial charge in [-0.2, -0.15) is 0 Å². The number of carbonyl (C=O) groups is 2. The summed E-state index contributed by atoms with van der Waals surface area (Å²) in [5.74, 6) is -1.11. The molecule has 0 fully saturated rings. The third kappa shape index (κ3) is 1.22.